The molecule has 1 nitrogen and oxygen atoms in total. The number of thiophene rings is 1. The van der Waals surface area contributed by atoms with Gasteiger partial charge in [0.05, 0.1) is 6.04 Å². The number of hydrogen-bond donors (Lipinski definition) is 1. The molecule has 1 heterocycles. The highest BCUT2D eigenvalue weighted by molar-refractivity contribution is 7.08. The zero-order valence-electron chi connectivity index (χ0n) is 8.10. The second-order valence-corrected chi connectivity index (χ2v) is 4.23. The maximum absolute atomic E-state index is 6.14. The predicted octanol–water partition coefficient (Wildman–Crippen LogP) is 3.10. The van der Waals surface area contributed by atoms with Crippen LogP contribution in [-0.2, 0) is 0 Å². The van der Waals surface area contributed by atoms with Crippen LogP contribution < -0.4 is 5.73 Å². The summed E-state index contributed by atoms with van der Waals surface area (Å²) in [6.45, 7) is 2.09. The van der Waals surface area contributed by atoms with Crippen molar-refractivity contribution in [2.75, 3.05) is 0 Å². The van der Waals surface area contributed by atoms with Crippen molar-refractivity contribution in [2.45, 2.75) is 13.0 Å². The van der Waals surface area contributed by atoms with Gasteiger partial charge in [-0.15, -0.1) is 0 Å². The quantitative estimate of drug-likeness (QED) is 0.797. The minimum atomic E-state index is 0.0150. The smallest absolute Gasteiger partial charge is 0.0559 e. The van der Waals surface area contributed by atoms with E-state index in [1.165, 1.54) is 16.7 Å². The highest BCUT2D eigenvalue weighted by Crippen LogP contribution is 2.21. The van der Waals surface area contributed by atoms with Crippen LogP contribution in [0.25, 0.3) is 0 Å². The summed E-state index contributed by atoms with van der Waals surface area (Å²) in [6.07, 6.45) is 0. The minimum Gasteiger partial charge on any atom is -0.320 e. The Morgan fingerprint density at radius 1 is 1.21 bits per heavy atom. The van der Waals surface area contributed by atoms with Gasteiger partial charge in [-0.1, -0.05) is 29.8 Å². The predicted molar refractivity (Wildman–Crippen MR) is 61.5 cm³/mol. The highest BCUT2D eigenvalue weighted by atomic mass is 32.1. The largest absolute Gasteiger partial charge is 0.320 e. The monoisotopic (exact) mass is 203 g/mol. The van der Waals surface area contributed by atoms with E-state index in [0.29, 0.717) is 0 Å². The summed E-state index contributed by atoms with van der Waals surface area (Å²) in [5, 5.41) is 4.16. The van der Waals surface area contributed by atoms with Gasteiger partial charge in [0.25, 0.3) is 0 Å². The van der Waals surface area contributed by atoms with E-state index in [4.69, 9.17) is 5.73 Å². The second kappa shape index (κ2) is 3.95. The van der Waals surface area contributed by atoms with E-state index in [0.717, 1.165) is 0 Å². The zero-order valence-corrected chi connectivity index (χ0v) is 8.92. The van der Waals surface area contributed by atoms with E-state index >= 15 is 0 Å². The molecular formula is C12H13NS. The molecule has 0 radical (unpaired) electrons. The molecule has 0 spiro atoms. The fourth-order valence-electron chi connectivity index (χ4n) is 1.51. The first-order valence-electron chi connectivity index (χ1n) is 4.61. The van der Waals surface area contributed by atoms with Crippen LogP contribution in [0.2, 0.25) is 0 Å². The maximum atomic E-state index is 6.14. The number of benzene rings is 1. The van der Waals surface area contributed by atoms with Crippen LogP contribution in [-0.4, -0.2) is 0 Å². The van der Waals surface area contributed by atoms with E-state index in [1.807, 2.05) is 0 Å². The molecule has 2 aromatic rings. The molecule has 1 aromatic carbocycles. The number of hydrogen-bond acceptors (Lipinski definition) is 2. The van der Waals surface area contributed by atoms with Crippen molar-refractivity contribution in [3.8, 4) is 0 Å². The van der Waals surface area contributed by atoms with Gasteiger partial charge in [0.1, 0.15) is 0 Å². The Morgan fingerprint density at radius 2 is 2.07 bits per heavy atom. The van der Waals surface area contributed by atoms with Crippen molar-refractivity contribution in [2.24, 2.45) is 5.73 Å². The van der Waals surface area contributed by atoms with Gasteiger partial charge in [-0.05, 0) is 34.9 Å². The molecule has 1 aromatic heterocycles. The molecule has 2 heteroatoms. The molecule has 0 aliphatic rings. The molecular weight excluding hydrogens is 190 g/mol. The van der Waals surface area contributed by atoms with Crippen LogP contribution in [0.4, 0.5) is 0 Å². The molecule has 0 fully saturated rings. The Morgan fingerprint density at radius 3 is 2.71 bits per heavy atom. The summed E-state index contributed by atoms with van der Waals surface area (Å²) >= 11 is 1.69. The SMILES string of the molecule is Cc1cccc([C@@H](N)c2ccsc2)c1. The van der Waals surface area contributed by atoms with E-state index < -0.39 is 0 Å². The molecule has 72 valence electrons. The van der Waals surface area contributed by atoms with Crippen LogP contribution in [0.1, 0.15) is 22.7 Å². The Balaban J connectivity index is 2.32. The third-order valence-corrected chi connectivity index (χ3v) is 3.01. The normalized spacial score (nSPS) is 12.7. The van der Waals surface area contributed by atoms with Crippen molar-refractivity contribution in [1.29, 1.82) is 0 Å². The topological polar surface area (TPSA) is 26.0 Å². The molecule has 2 N–H and O–H groups in total. The summed E-state index contributed by atoms with van der Waals surface area (Å²) in [5.74, 6) is 0. The summed E-state index contributed by atoms with van der Waals surface area (Å²) in [6, 6.07) is 10.5. The van der Waals surface area contributed by atoms with Crippen molar-refractivity contribution in [1.82, 2.24) is 0 Å². The first-order valence-corrected chi connectivity index (χ1v) is 5.56. The van der Waals surface area contributed by atoms with Gasteiger partial charge in [0.15, 0.2) is 0 Å². The lowest BCUT2D eigenvalue weighted by Gasteiger charge is -2.10. The molecule has 14 heavy (non-hydrogen) atoms. The minimum absolute atomic E-state index is 0.0150. The summed E-state index contributed by atoms with van der Waals surface area (Å²) in [7, 11) is 0. The third kappa shape index (κ3) is 1.86. The average Bonchev–Trinajstić information content (AvgIpc) is 2.69. The zero-order chi connectivity index (χ0) is 9.97. The standard InChI is InChI=1S/C12H13NS/c1-9-3-2-4-10(7-9)12(13)11-5-6-14-8-11/h2-8,12H,13H2,1H3/t12-/m1/s1. The fraction of sp³-hybridized carbons (Fsp3) is 0.167. The molecule has 0 saturated carbocycles. The summed E-state index contributed by atoms with van der Waals surface area (Å²) < 4.78 is 0. The van der Waals surface area contributed by atoms with Gasteiger partial charge in [-0.2, -0.15) is 11.3 Å². The lowest BCUT2D eigenvalue weighted by Crippen LogP contribution is -2.10. The second-order valence-electron chi connectivity index (χ2n) is 3.45. The highest BCUT2D eigenvalue weighted by Gasteiger charge is 2.08. The molecule has 0 amide bonds. The summed E-state index contributed by atoms with van der Waals surface area (Å²) in [5.41, 5.74) is 9.77. The number of rotatable bonds is 2. The van der Waals surface area contributed by atoms with E-state index in [-0.39, 0.29) is 6.04 Å². The molecule has 0 unspecified atom stereocenters. The van der Waals surface area contributed by atoms with Gasteiger partial charge in [-0.25, -0.2) is 0 Å². The Hall–Kier alpha value is -1.12. The van der Waals surface area contributed by atoms with Crippen LogP contribution >= 0.6 is 11.3 Å². The number of aryl methyl sites for hydroxylation is 1. The van der Waals surface area contributed by atoms with E-state index in [1.54, 1.807) is 11.3 Å². The van der Waals surface area contributed by atoms with Gasteiger partial charge < -0.3 is 5.73 Å². The molecule has 0 aliphatic heterocycles. The van der Waals surface area contributed by atoms with Crippen molar-refractivity contribution in [3.63, 3.8) is 0 Å². The molecule has 2 rings (SSSR count). The van der Waals surface area contributed by atoms with Crippen molar-refractivity contribution >= 4 is 11.3 Å². The van der Waals surface area contributed by atoms with Crippen LogP contribution in [0.5, 0.6) is 0 Å². The maximum Gasteiger partial charge on any atom is 0.0559 e. The lowest BCUT2D eigenvalue weighted by molar-refractivity contribution is 0.875. The van der Waals surface area contributed by atoms with Crippen LogP contribution in [0.15, 0.2) is 41.1 Å². The molecule has 0 saturated heterocycles. The molecule has 0 bridgehead atoms. The first-order chi connectivity index (χ1) is 6.77. The average molecular weight is 203 g/mol. The van der Waals surface area contributed by atoms with Crippen LogP contribution in [0.3, 0.4) is 0 Å². The number of nitrogens with two attached hydrogens (primary N) is 1. The van der Waals surface area contributed by atoms with Gasteiger partial charge >= 0.3 is 0 Å². The lowest BCUT2D eigenvalue weighted by atomic mass is 10.0. The van der Waals surface area contributed by atoms with Gasteiger partial charge in [-0.3, -0.25) is 0 Å². The van der Waals surface area contributed by atoms with Gasteiger partial charge in [0, 0.05) is 0 Å². The molecule has 0 aliphatic carbocycles. The van der Waals surface area contributed by atoms with Crippen molar-refractivity contribution in [3.05, 3.63) is 57.8 Å². The van der Waals surface area contributed by atoms with Crippen molar-refractivity contribution < 1.29 is 0 Å². The van der Waals surface area contributed by atoms with E-state index in [9.17, 15) is 0 Å². The van der Waals surface area contributed by atoms with E-state index in [2.05, 4.69) is 48.0 Å². The Labute approximate surface area is 88.2 Å². The first kappa shape index (κ1) is 9.44. The van der Waals surface area contributed by atoms with Gasteiger partial charge in [0.2, 0.25) is 0 Å². The summed E-state index contributed by atoms with van der Waals surface area (Å²) in [4.78, 5) is 0. The third-order valence-electron chi connectivity index (χ3n) is 2.30. The molecule has 1 atom stereocenters. The fourth-order valence-corrected chi connectivity index (χ4v) is 2.20. The Bertz CT molecular complexity index is 406. The van der Waals surface area contributed by atoms with Crippen LogP contribution in [0, 0.1) is 6.92 Å². The Kier molecular flexibility index (Phi) is 2.66.